The van der Waals surface area contributed by atoms with Crippen LogP contribution in [0.2, 0.25) is 0 Å². The number of thiophene rings is 1. The Labute approximate surface area is 93.3 Å². The lowest BCUT2D eigenvalue weighted by atomic mass is 10.4. The van der Waals surface area contributed by atoms with E-state index in [1.54, 1.807) is 6.07 Å². The van der Waals surface area contributed by atoms with Crippen molar-refractivity contribution in [3.63, 3.8) is 0 Å². The zero-order chi connectivity index (χ0) is 10.6. The van der Waals surface area contributed by atoms with Crippen LogP contribution in [-0.2, 0) is 9.59 Å². The van der Waals surface area contributed by atoms with Gasteiger partial charge in [-0.2, -0.15) is 0 Å². The second-order valence-corrected chi connectivity index (χ2v) is 4.96. The van der Waals surface area contributed by atoms with Crippen LogP contribution in [0.15, 0.2) is 15.9 Å². The van der Waals surface area contributed by atoms with Crippen LogP contribution in [0, 0.1) is 0 Å². The number of carbonyl (C=O) groups excluding carboxylic acids is 1. The molecule has 0 fully saturated rings. The molecule has 1 rings (SSSR count). The van der Waals surface area contributed by atoms with E-state index in [0.29, 0.717) is 6.41 Å². The van der Waals surface area contributed by atoms with Crippen molar-refractivity contribution in [2.75, 3.05) is 11.4 Å². The molecule has 0 bridgehead atoms. The van der Waals surface area contributed by atoms with Crippen LogP contribution in [0.3, 0.4) is 0 Å². The van der Waals surface area contributed by atoms with Crippen LogP contribution in [0.25, 0.3) is 0 Å². The van der Waals surface area contributed by atoms with E-state index in [9.17, 15) is 9.59 Å². The second kappa shape index (κ2) is 5.11. The smallest absolute Gasteiger partial charge is 0.305 e. The highest BCUT2D eigenvalue weighted by atomic mass is 79.9. The van der Waals surface area contributed by atoms with Gasteiger partial charge in [0.25, 0.3) is 0 Å². The van der Waals surface area contributed by atoms with Crippen molar-refractivity contribution in [1.29, 1.82) is 0 Å². The van der Waals surface area contributed by atoms with Gasteiger partial charge >= 0.3 is 5.97 Å². The number of aliphatic carboxylic acids is 1. The number of hydrogen-bond donors (Lipinski definition) is 1. The second-order valence-electron chi connectivity index (χ2n) is 2.52. The molecule has 0 radical (unpaired) electrons. The Kier molecular flexibility index (Phi) is 4.09. The molecule has 0 saturated heterocycles. The highest BCUT2D eigenvalue weighted by molar-refractivity contribution is 9.11. The molecule has 0 aliphatic carbocycles. The van der Waals surface area contributed by atoms with Crippen molar-refractivity contribution in [2.24, 2.45) is 0 Å². The fraction of sp³-hybridized carbons (Fsp3) is 0.250. The van der Waals surface area contributed by atoms with Crippen molar-refractivity contribution >= 4 is 44.6 Å². The van der Waals surface area contributed by atoms with E-state index in [4.69, 9.17) is 5.11 Å². The van der Waals surface area contributed by atoms with Crippen LogP contribution < -0.4 is 4.90 Å². The largest absolute Gasteiger partial charge is 0.481 e. The van der Waals surface area contributed by atoms with Crippen molar-refractivity contribution in [3.05, 3.63) is 15.9 Å². The van der Waals surface area contributed by atoms with Gasteiger partial charge in [0.15, 0.2) is 0 Å². The van der Waals surface area contributed by atoms with Gasteiger partial charge in [-0.1, -0.05) is 0 Å². The summed E-state index contributed by atoms with van der Waals surface area (Å²) in [6, 6.07) is 3.59. The normalized spacial score (nSPS) is 9.79. The van der Waals surface area contributed by atoms with Crippen LogP contribution in [0.4, 0.5) is 5.00 Å². The summed E-state index contributed by atoms with van der Waals surface area (Å²) in [5.41, 5.74) is 0. The summed E-state index contributed by atoms with van der Waals surface area (Å²) in [7, 11) is 0. The molecule has 1 N–H and O–H groups in total. The molecular weight excluding hydrogens is 270 g/mol. The van der Waals surface area contributed by atoms with Crippen molar-refractivity contribution in [3.8, 4) is 0 Å². The van der Waals surface area contributed by atoms with Gasteiger partial charge in [0.05, 0.1) is 15.2 Å². The molecule has 0 atom stereocenters. The molecule has 4 nitrogen and oxygen atoms in total. The Bertz CT molecular complexity index is 339. The minimum atomic E-state index is -0.910. The maximum Gasteiger partial charge on any atom is 0.305 e. The maximum atomic E-state index is 10.7. The van der Waals surface area contributed by atoms with Gasteiger partial charge in [-0.15, -0.1) is 11.3 Å². The average molecular weight is 278 g/mol. The van der Waals surface area contributed by atoms with Gasteiger partial charge in [-0.05, 0) is 28.1 Å². The molecule has 1 heterocycles. The molecule has 1 aromatic rings. The Morgan fingerprint density at radius 3 is 2.79 bits per heavy atom. The highest BCUT2D eigenvalue weighted by Crippen LogP contribution is 2.29. The summed E-state index contributed by atoms with van der Waals surface area (Å²) in [6.07, 6.45) is 0.593. The molecule has 0 spiro atoms. The Morgan fingerprint density at radius 1 is 1.64 bits per heavy atom. The number of amides is 1. The number of hydrogen-bond acceptors (Lipinski definition) is 3. The standard InChI is InChI=1S/C8H8BrNO3S/c9-6-1-2-7(14-6)10(5-11)4-3-8(12)13/h1-2,5H,3-4H2,(H,12,13). The van der Waals surface area contributed by atoms with Gasteiger partial charge in [0, 0.05) is 6.54 Å². The third kappa shape index (κ3) is 3.12. The molecule has 0 aromatic carbocycles. The first kappa shape index (κ1) is 11.2. The summed E-state index contributed by atoms with van der Waals surface area (Å²) in [6.45, 7) is 0.200. The van der Waals surface area contributed by atoms with Gasteiger partial charge in [0.2, 0.25) is 6.41 Å². The number of carboxylic acids is 1. The predicted molar refractivity (Wildman–Crippen MR) is 57.7 cm³/mol. The van der Waals surface area contributed by atoms with Gasteiger partial charge in [-0.3, -0.25) is 9.59 Å². The Hall–Kier alpha value is -0.880. The van der Waals surface area contributed by atoms with Crippen LogP contribution in [-0.4, -0.2) is 24.0 Å². The van der Waals surface area contributed by atoms with Crippen LogP contribution in [0.5, 0.6) is 0 Å². The molecule has 0 saturated carbocycles. The molecule has 76 valence electrons. The lowest BCUT2D eigenvalue weighted by molar-refractivity contribution is -0.136. The first-order chi connectivity index (χ1) is 6.63. The quantitative estimate of drug-likeness (QED) is 0.837. The molecular formula is C8H8BrNO3S. The summed E-state index contributed by atoms with van der Waals surface area (Å²) in [5, 5.41) is 9.21. The third-order valence-electron chi connectivity index (χ3n) is 1.54. The lowest BCUT2D eigenvalue weighted by Crippen LogP contribution is -2.23. The highest BCUT2D eigenvalue weighted by Gasteiger charge is 2.09. The molecule has 6 heteroatoms. The number of anilines is 1. The van der Waals surface area contributed by atoms with E-state index in [1.165, 1.54) is 16.2 Å². The van der Waals surface area contributed by atoms with Gasteiger partial charge < -0.3 is 10.0 Å². The molecule has 1 amide bonds. The van der Waals surface area contributed by atoms with Crippen LogP contribution >= 0.6 is 27.3 Å². The number of carboxylic acid groups (broad SMARTS) is 1. The number of halogens is 1. The fourth-order valence-corrected chi connectivity index (χ4v) is 2.24. The molecule has 14 heavy (non-hydrogen) atoms. The molecule has 0 aliphatic rings. The van der Waals surface area contributed by atoms with E-state index >= 15 is 0 Å². The predicted octanol–water partition coefficient (Wildman–Crippen LogP) is 1.95. The van der Waals surface area contributed by atoms with Crippen molar-refractivity contribution in [1.82, 2.24) is 0 Å². The van der Waals surface area contributed by atoms with Gasteiger partial charge in [-0.25, -0.2) is 0 Å². The first-order valence-corrected chi connectivity index (χ1v) is 5.43. The lowest BCUT2D eigenvalue weighted by Gasteiger charge is -2.12. The number of rotatable bonds is 5. The van der Waals surface area contributed by atoms with E-state index in [-0.39, 0.29) is 13.0 Å². The monoisotopic (exact) mass is 277 g/mol. The van der Waals surface area contributed by atoms with E-state index in [1.807, 2.05) is 6.07 Å². The topological polar surface area (TPSA) is 57.6 Å². The number of nitrogens with zero attached hydrogens (tertiary/aromatic N) is 1. The van der Waals surface area contributed by atoms with Crippen molar-refractivity contribution < 1.29 is 14.7 Å². The fourth-order valence-electron chi connectivity index (χ4n) is 0.890. The Balaban J connectivity index is 2.62. The van der Waals surface area contributed by atoms with E-state index < -0.39 is 5.97 Å². The summed E-state index contributed by atoms with van der Waals surface area (Å²) in [4.78, 5) is 22.3. The maximum absolute atomic E-state index is 10.7. The molecule has 1 aromatic heterocycles. The van der Waals surface area contributed by atoms with Crippen LogP contribution in [0.1, 0.15) is 6.42 Å². The van der Waals surface area contributed by atoms with Gasteiger partial charge in [0.1, 0.15) is 0 Å². The SMILES string of the molecule is O=CN(CCC(=O)O)c1ccc(Br)s1. The third-order valence-corrected chi connectivity index (χ3v) is 3.20. The average Bonchev–Trinajstić information content (AvgIpc) is 2.53. The minimum absolute atomic E-state index is 0.0474. The minimum Gasteiger partial charge on any atom is -0.481 e. The molecule has 0 unspecified atom stereocenters. The summed E-state index contributed by atoms with van der Waals surface area (Å²) >= 11 is 4.66. The summed E-state index contributed by atoms with van der Waals surface area (Å²) in [5.74, 6) is -0.910. The summed E-state index contributed by atoms with van der Waals surface area (Å²) < 4.78 is 0.912. The van der Waals surface area contributed by atoms with E-state index in [0.717, 1.165) is 8.79 Å². The molecule has 0 aliphatic heterocycles. The van der Waals surface area contributed by atoms with Crippen molar-refractivity contribution in [2.45, 2.75) is 6.42 Å². The Morgan fingerprint density at radius 2 is 2.36 bits per heavy atom. The zero-order valence-electron chi connectivity index (χ0n) is 7.14. The number of carbonyl (C=O) groups is 2. The van der Waals surface area contributed by atoms with E-state index in [2.05, 4.69) is 15.9 Å². The first-order valence-electron chi connectivity index (χ1n) is 3.82. The zero-order valence-corrected chi connectivity index (χ0v) is 9.55.